The van der Waals surface area contributed by atoms with E-state index in [4.69, 9.17) is 0 Å². The Balaban J connectivity index is 1.83. The average molecular weight is 288 g/mol. The van der Waals surface area contributed by atoms with E-state index in [1.165, 1.54) is 18.4 Å². The Morgan fingerprint density at radius 3 is 2.33 bits per heavy atom. The first-order chi connectivity index (χ1) is 10.0. The van der Waals surface area contributed by atoms with Crippen LogP contribution in [0.4, 0.5) is 5.69 Å². The molecule has 3 nitrogen and oxygen atoms in total. The van der Waals surface area contributed by atoms with E-state index >= 15 is 0 Å². The van der Waals surface area contributed by atoms with Crippen molar-refractivity contribution in [1.82, 2.24) is 5.32 Å². The summed E-state index contributed by atoms with van der Waals surface area (Å²) in [4.78, 5) is 12.3. The van der Waals surface area contributed by atoms with Gasteiger partial charge in [0.05, 0.1) is 0 Å². The maximum Gasteiger partial charge on any atom is 0.227 e. The molecule has 0 aromatic heterocycles. The molecule has 0 bridgehead atoms. The van der Waals surface area contributed by atoms with E-state index in [-0.39, 0.29) is 11.8 Å². The summed E-state index contributed by atoms with van der Waals surface area (Å²) in [5.74, 6) is 1.17. The molecule has 2 N–H and O–H groups in total. The number of benzene rings is 1. The van der Waals surface area contributed by atoms with Crippen LogP contribution in [0.1, 0.15) is 52.0 Å². The molecule has 1 saturated carbocycles. The molecule has 0 heterocycles. The minimum absolute atomic E-state index is 0.190. The lowest BCUT2D eigenvalue weighted by Crippen LogP contribution is -2.26. The maximum atomic E-state index is 12.3. The molecule has 1 aromatic rings. The third-order valence-corrected chi connectivity index (χ3v) is 4.32. The predicted octanol–water partition coefficient (Wildman–Crippen LogP) is 3.95. The van der Waals surface area contributed by atoms with Crippen LogP contribution in [0.15, 0.2) is 24.3 Å². The fourth-order valence-electron chi connectivity index (χ4n) is 2.79. The molecule has 1 aromatic carbocycles. The smallest absolute Gasteiger partial charge is 0.227 e. The summed E-state index contributed by atoms with van der Waals surface area (Å²) in [6.07, 6.45) is 4.42. The SMILES string of the molecule is CC1CCC(C(=O)Nc2ccc(CNC(C)C)cc2)CC1. The van der Waals surface area contributed by atoms with Crippen LogP contribution in [0, 0.1) is 11.8 Å². The van der Waals surface area contributed by atoms with Crippen molar-refractivity contribution in [3.8, 4) is 0 Å². The van der Waals surface area contributed by atoms with Crippen molar-refractivity contribution in [1.29, 1.82) is 0 Å². The van der Waals surface area contributed by atoms with Gasteiger partial charge >= 0.3 is 0 Å². The summed E-state index contributed by atoms with van der Waals surface area (Å²) >= 11 is 0. The van der Waals surface area contributed by atoms with Crippen molar-refractivity contribution in [3.63, 3.8) is 0 Å². The molecule has 2 rings (SSSR count). The Morgan fingerprint density at radius 2 is 1.76 bits per heavy atom. The number of carbonyl (C=O) groups is 1. The van der Waals surface area contributed by atoms with Crippen LogP contribution in [-0.4, -0.2) is 11.9 Å². The van der Waals surface area contributed by atoms with Gasteiger partial charge in [0.25, 0.3) is 0 Å². The number of hydrogen-bond donors (Lipinski definition) is 2. The molecule has 0 spiro atoms. The second-order valence-corrected chi connectivity index (χ2v) is 6.68. The predicted molar refractivity (Wildman–Crippen MR) is 88.2 cm³/mol. The minimum Gasteiger partial charge on any atom is -0.326 e. The molecule has 3 heteroatoms. The number of amides is 1. The Kier molecular flexibility index (Phi) is 5.80. The molecular formula is C18H28N2O. The van der Waals surface area contributed by atoms with Gasteiger partial charge in [0.15, 0.2) is 0 Å². The zero-order valence-electron chi connectivity index (χ0n) is 13.5. The van der Waals surface area contributed by atoms with Gasteiger partial charge in [0, 0.05) is 24.2 Å². The lowest BCUT2D eigenvalue weighted by Gasteiger charge is -2.25. The first-order valence-electron chi connectivity index (χ1n) is 8.17. The third-order valence-electron chi connectivity index (χ3n) is 4.32. The van der Waals surface area contributed by atoms with Crippen molar-refractivity contribution >= 4 is 11.6 Å². The topological polar surface area (TPSA) is 41.1 Å². The van der Waals surface area contributed by atoms with Crippen molar-refractivity contribution in [2.24, 2.45) is 11.8 Å². The molecule has 116 valence electrons. The van der Waals surface area contributed by atoms with Gasteiger partial charge < -0.3 is 10.6 Å². The molecule has 0 radical (unpaired) electrons. The van der Waals surface area contributed by atoms with Gasteiger partial charge in [-0.1, -0.05) is 32.9 Å². The monoisotopic (exact) mass is 288 g/mol. The number of carbonyl (C=O) groups excluding carboxylic acids is 1. The minimum atomic E-state index is 0.190. The van der Waals surface area contributed by atoms with Gasteiger partial charge in [-0.05, 0) is 49.3 Å². The summed E-state index contributed by atoms with van der Waals surface area (Å²) in [5.41, 5.74) is 2.15. The van der Waals surface area contributed by atoms with Gasteiger partial charge in [-0.15, -0.1) is 0 Å². The number of anilines is 1. The van der Waals surface area contributed by atoms with Crippen LogP contribution in [0.2, 0.25) is 0 Å². The molecule has 0 unspecified atom stereocenters. The van der Waals surface area contributed by atoms with Gasteiger partial charge in [-0.25, -0.2) is 0 Å². The summed E-state index contributed by atoms with van der Waals surface area (Å²) in [6.45, 7) is 7.42. The highest BCUT2D eigenvalue weighted by Crippen LogP contribution is 2.29. The van der Waals surface area contributed by atoms with Crippen LogP contribution in [0.3, 0.4) is 0 Å². The molecule has 0 atom stereocenters. The second-order valence-electron chi connectivity index (χ2n) is 6.68. The van der Waals surface area contributed by atoms with Gasteiger partial charge in [0.1, 0.15) is 0 Å². The highest BCUT2D eigenvalue weighted by molar-refractivity contribution is 5.92. The Hall–Kier alpha value is -1.35. The van der Waals surface area contributed by atoms with Crippen LogP contribution in [0.25, 0.3) is 0 Å². The van der Waals surface area contributed by atoms with Crippen molar-refractivity contribution < 1.29 is 4.79 Å². The molecular weight excluding hydrogens is 260 g/mol. The summed E-state index contributed by atoms with van der Waals surface area (Å²) in [7, 11) is 0. The van der Waals surface area contributed by atoms with E-state index < -0.39 is 0 Å². The van der Waals surface area contributed by atoms with Crippen LogP contribution < -0.4 is 10.6 Å². The molecule has 1 fully saturated rings. The van der Waals surface area contributed by atoms with E-state index in [0.29, 0.717) is 6.04 Å². The van der Waals surface area contributed by atoms with Gasteiger partial charge in [-0.2, -0.15) is 0 Å². The average Bonchev–Trinajstić information content (AvgIpc) is 2.47. The summed E-state index contributed by atoms with van der Waals surface area (Å²) in [5, 5.41) is 6.45. The zero-order valence-corrected chi connectivity index (χ0v) is 13.5. The highest BCUT2D eigenvalue weighted by atomic mass is 16.1. The first-order valence-corrected chi connectivity index (χ1v) is 8.17. The summed E-state index contributed by atoms with van der Waals surface area (Å²) in [6, 6.07) is 8.64. The molecule has 0 aliphatic heterocycles. The second kappa shape index (κ2) is 7.60. The fraction of sp³-hybridized carbons (Fsp3) is 0.611. The van der Waals surface area contributed by atoms with Crippen molar-refractivity contribution in [2.45, 2.75) is 59.0 Å². The normalized spacial score (nSPS) is 22.3. The number of rotatable bonds is 5. The van der Waals surface area contributed by atoms with E-state index in [2.05, 4.69) is 43.5 Å². The highest BCUT2D eigenvalue weighted by Gasteiger charge is 2.24. The Morgan fingerprint density at radius 1 is 1.14 bits per heavy atom. The lowest BCUT2D eigenvalue weighted by atomic mass is 9.82. The number of nitrogens with one attached hydrogen (secondary N) is 2. The quantitative estimate of drug-likeness (QED) is 0.861. The standard InChI is InChI=1S/C18H28N2O/c1-13(2)19-12-15-6-10-17(11-7-15)20-18(21)16-8-4-14(3)5-9-16/h6-7,10-11,13-14,16,19H,4-5,8-9,12H2,1-3H3,(H,20,21). The third kappa shape index (κ3) is 5.16. The molecule has 21 heavy (non-hydrogen) atoms. The van der Waals surface area contributed by atoms with E-state index in [9.17, 15) is 4.79 Å². The molecule has 1 amide bonds. The Bertz CT molecular complexity index is 445. The van der Waals surface area contributed by atoms with E-state index in [1.807, 2.05) is 12.1 Å². The number of hydrogen-bond acceptors (Lipinski definition) is 2. The van der Waals surface area contributed by atoms with Gasteiger partial charge in [0.2, 0.25) is 5.91 Å². The lowest BCUT2D eigenvalue weighted by molar-refractivity contribution is -0.121. The van der Waals surface area contributed by atoms with E-state index in [0.717, 1.165) is 31.0 Å². The van der Waals surface area contributed by atoms with Crippen molar-refractivity contribution in [3.05, 3.63) is 29.8 Å². The molecule has 1 aliphatic carbocycles. The van der Waals surface area contributed by atoms with Crippen LogP contribution in [0.5, 0.6) is 0 Å². The molecule has 0 saturated heterocycles. The van der Waals surface area contributed by atoms with E-state index in [1.54, 1.807) is 0 Å². The first kappa shape index (κ1) is 16.0. The molecule has 1 aliphatic rings. The Labute approximate surface area is 128 Å². The van der Waals surface area contributed by atoms with Crippen LogP contribution in [-0.2, 0) is 11.3 Å². The largest absolute Gasteiger partial charge is 0.326 e. The van der Waals surface area contributed by atoms with Crippen molar-refractivity contribution in [2.75, 3.05) is 5.32 Å². The van der Waals surface area contributed by atoms with Gasteiger partial charge in [-0.3, -0.25) is 4.79 Å². The fourth-order valence-corrected chi connectivity index (χ4v) is 2.79. The zero-order chi connectivity index (χ0) is 15.2. The summed E-state index contributed by atoms with van der Waals surface area (Å²) < 4.78 is 0. The van der Waals surface area contributed by atoms with Crippen LogP contribution >= 0.6 is 0 Å². The maximum absolute atomic E-state index is 12.3.